The zero-order valence-electron chi connectivity index (χ0n) is 7.43. The van der Waals surface area contributed by atoms with E-state index in [-0.39, 0.29) is 0 Å². The maximum Gasteiger partial charge on any atom is 0.272 e. The summed E-state index contributed by atoms with van der Waals surface area (Å²) in [5.41, 5.74) is 2.94. The van der Waals surface area contributed by atoms with Gasteiger partial charge in [-0.2, -0.15) is 0 Å². The first-order valence-electron chi connectivity index (χ1n) is 3.61. The summed E-state index contributed by atoms with van der Waals surface area (Å²) in [5.74, 6) is 0. The molecule has 0 aromatic carbocycles. The van der Waals surface area contributed by atoms with Crippen LogP contribution in [-0.4, -0.2) is 17.1 Å². The average molecular weight is 214 g/mol. The van der Waals surface area contributed by atoms with Crippen LogP contribution >= 0.6 is 22.7 Å². The molecule has 0 aliphatic carbocycles. The van der Waals surface area contributed by atoms with Crippen LogP contribution in [0.4, 0.5) is 0 Å². The number of nitrogens with zero attached hydrogens (tertiary/aromatic N) is 2. The first-order chi connectivity index (χ1) is 6.33. The molecule has 5 heteroatoms. The van der Waals surface area contributed by atoms with Crippen LogP contribution in [0.3, 0.4) is 0 Å². The lowest BCUT2D eigenvalue weighted by Gasteiger charge is -1.84. The van der Waals surface area contributed by atoms with E-state index in [4.69, 9.17) is 4.74 Å². The zero-order valence-corrected chi connectivity index (χ0v) is 9.06. The SMILES string of the molecule is COc1nccs1.Cc1cscn1. The highest BCUT2D eigenvalue weighted by Crippen LogP contribution is 2.11. The van der Waals surface area contributed by atoms with Crippen molar-refractivity contribution in [3.63, 3.8) is 0 Å². The van der Waals surface area contributed by atoms with Crippen LogP contribution in [0.15, 0.2) is 22.5 Å². The van der Waals surface area contributed by atoms with Crippen molar-refractivity contribution < 1.29 is 4.74 Å². The van der Waals surface area contributed by atoms with Crippen LogP contribution in [-0.2, 0) is 0 Å². The predicted molar refractivity (Wildman–Crippen MR) is 55.5 cm³/mol. The van der Waals surface area contributed by atoms with E-state index in [0.717, 1.165) is 10.9 Å². The van der Waals surface area contributed by atoms with Crippen LogP contribution in [0.1, 0.15) is 5.69 Å². The summed E-state index contributed by atoms with van der Waals surface area (Å²) in [7, 11) is 1.61. The Morgan fingerprint density at radius 2 is 2.23 bits per heavy atom. The molecule has 0 saturated heterocycles. The van der Waals surface area contributed by atoms with Crippen molar-refractivity contribution in [3.05, 3.63) is 28.2 Å². The molecule has 0 atom stereocenters. The summed E-state index contributed by atoms with van der Waals surface area (Å²) >= 11 is 3.12. The highest BCUT2D eigenvalue weighted by atomic mass is 32.1. The number of aromatic nitrogens is 2. The smallest absolute Gasteiger partial charge is 0.272 e. The fourth-order valence-electron chi connectivity index (χ4n) is 0.584. The van der Waals surface area contributed by atoms with Crippen LogP contribution in [0, 0.1) is 6.92 Å². The van der Waals surface area contributed by atoms with E-state index in [2.05, 4.69) is 9.97 Å². The summed E-state index contributed by atoms with van der Waals surface area (Å²) in [6.07, 6.45) is 1.71. The Morgan fingerprint density at radius 1 is 1.38 bits per heavy atom. The highest BCUT2D eigenvalue weighted by Gasteiger charge is 1.85. The van der Waals surface area contributed by atoms with Crippen LogP contribution in [0.2, 0.25) is 0 Å². The molecule has 3 nitrogen and oxygen atoms in total. The highest BCUT2D eigenvalue weighted by molar-refractivity contribution is 7.11. The van der Waals surface area contributed by atoms with Crippen LogP contribution < -0.4 is 4.74 Å². The lowest BCUT2D eigenvalue weighted by atomic mass is 10.6. The fraction of sp³-hybridized carbons (Fsp3) is 0.250. The minimum atomic E-state index is 0.722. The Labute approximate surface area is 85.1 Å². The molecule has 13 heavy (non-hydrogen) atoms. The number of aryl methyl sites for hydroxylation is 1. The molecule has 2 aromatic heterocycles. The van der Waals surface area contributed by atoms with Crippen molar-refractivity contribution in [1.82, 2.24) is 9.97 Å². The molecule has 0 aliphatic rings. The Hall–Kier alpha value is -0.940. The molecule has 0 spiro atoms. The molecule has 0 aliphatic heterocycles. The average Bonchev–Trinajstić information content (AvgIpc) is 2.76. The molecule has 0 N–H and O–H groups in total. The van der Waals surface area contributed by atoms with Crippen molar-refractivity contribution in [2.75, 3.05) is 7.11 Å². The van der Waals surface area contributed by atoms with E-state index >= 15 is 0 Å². The number of ether oxygens (including phenoxy) is 1. The molecule has 0 saturated carbocycles. The van der Waals surface area contributed by atoms with Gasteiger partial charge < -0.3 is 4.74 Å². The van der Waals surface area contributed by atoms with Gasteiger partial charge in [0.1, 0.15) is 0 Å². The third-order valence-electron chi connectivity index (χ3n) is 1.14. The molecule has 0 amide bonds. The van der Waals surface area contributed by atoms with E-state index < -0.39 is 0 Å². The van der Waals surface area contributed by atoms with Gasteiger partial charge in [0.05, 0.1) is 12.6 Å². The minimum absolute atomic E-state index is 0.722. The normalized spacial score (nSPS) is 8.77. The summed E-state index contributed by atoms with van der Waals surface area (Å²) < 4.78 is 4.76. The van der Waals surface area contributed by atoms with Crippen molar-refractivity contribution in [2.45, 2.75) is 6.92 Å². The third-order valence-corrected chi connectivity index (χ3v) is 2.58. The summed E-state index contributed by atoms with van der Waals surface area (Å²) in [6, 6.07) is 0. The molecular formula is C8H10N2OS2. The summed E-state index contributed by atoms with van der Waals surface area (Å²) in [4.78, 5) is 7.77. The quantitative estimate of drug-likeness (QED) is 0.732. The molecule has 2 heterocycles. The lowest BCUT2D eigenvalue weighted by molar-refractivity contribution is 0.412. The van der Waals surface area contributed by atoms with E-state index in [1.54, 1.807) is 24.6 Å². The second-order valence-electron chi connectivity index (χ2n) is 2.13. The first kappa shape index (κ1) is 10.1. The van der Waals surface area contributed by atoms with Crippen LogP contribution in [0.5, 0.6) is 5.19 Å². The van der Waals surface area contributed by atoms with Gasteiger partial charge in [0.2, 0.25) is 0 Å². The standard InChI is InChI=1S/C4H5NOS.C4H5NS/c1-6-4-5-2-3-7-4;1-4-2-6-3-5-4/h2-3H,1H3;2-3H,1H3. The molecular weight excluding hydrogens is 204 g/mol. The topological polar surface area (TPSA) is 35.0 Å². The monoisotopic (exact) mass is 214 g/mol. The van der Waals surface area contributed by atoms with Gasteiger partial charge in [-0.3, -0.25) is 4.98 Å². The molecule has 0 fully saturated rings. The maximum absolute atomic E-state index is 4.76. The Bertz CT molecular complexity index is 305. The van der Waals surface area contributed by atoms with Crippen LogP contribution in [0.25, 0.3) is 0 Å². The Kier molecular flexibility index (Phi) is 4.42. The number of methoxy groups -OCH3 is 1. The minimum Gasteiger partial charge on any atom is -0.473 e. The van der Waals surface area contributed by atoms with Gasteiger partial charge in [-0.1, -0.05) is 11.3 Å². The third kappa shape index (κ3) is 4.00. The fourth-order valence-corrected chi connectivity index (χ4v) is 1.59. The van der Waals surface area contributed by atoms with Crippen molar-refractivity contribution in [2.24, 2.45) is 0 Å². The maximum atomic E-state index is 4.76. The Balaban J connectivity index is 0.000000132. The largest absolute Gasteiger partial charge is 0.473 e. The Morgan fingerprint density at radius 3 is 2.46 bits per heavy atom. The number of rotatable bonds is 1. The summed E-state index contributed by atoms with van der Waals surface area (Å²) in [6.45, 7) is 1.98. The van der Waals surface area contributed by atoms with Gasteiger partial charge in [0.25, 0.3) is 5.19 Å². The molecule has 0 unspecified atom stereocenters. The van der Waals surface area contributed by atoms with E-state index in [0.29, 0.717) is 0 Å². The molecule has 70 valence electrons. The van der Waals surface area contributed by atoms with Gasteiger partial charge in [-0.25, -0.2) is 4.98 Å². The molecule has 2 aromatic rings. The number of hydrogen-bond donors (Lipinski definition) is 0. The van der Waals surface area contributed by atoms with Gasteiger partial charge in [-0.05, 0) is 6.92 Å². The van der Waals surface area contributed by atoms with Crippen molar-refractivity contribution >= 4 is 22.7 Å². The summed E-state index contributed by atoms with van der Waals surface area (Å²) in [5, 5.41) is 4.61. The molecule has 2 rings (SSSR count). The second-order valence-corrected chi connectivity index (χ2v) is 3.71. The van der Waals surface area contributed by atoms with E-state index in [1.807, 2.05) is 23.2 Å². The van der Waals surface area contributed by atoms with E-state index in [9.17, 15) is 0 Å². The van der Waals surface area contributed by atoms with Gasteiger partial charge in [0.15, 0.2) is 0 Å². The van der Waals surface area contributed by atoms with Crippen molar-refractivity contribution in [3.8, 4) is 5.19 Å². The van der Waals surface area contributed by atoms with Gasteiger partial charge >= 0.3 is 0 Å². The van der Waals surface area contributed by atoms with E-state index in [1.165, 1.54) is 11.3 Å². The lowest BCUT2D eigenvalue weighted by Crippen LogP contribution is -1.76. The zero-order chi connectivity index (χ0) is 9.52. The van der Waals surface area contributed by atoms with Gasteiger partial charge in [-0.15, -0.1) is 11.3 Å². The number of hydrogen-bond acceptors (Lipinski definition) is 5. The second kappa shape index (κ2) is 5.66. The molecule has 0 radical (unpaired) electrons. The number of thiazole rings is 2. The van der Waals surface area contributed by atoms with Crippen molar-refractivity contribution in [1.29, 1.82) is 0 Å². The predicted octanol–water partition coefficient (Wildman–Crippen LogP) is 2.60. The first-order valence-corrected chi connectivity index (χ1v) is 5.43. The molecule has 0 bridgehead atoms. The van der Waals surface area contributed by atoms with Gasteiger partial charge in [0, 0.05) is 22.7 Å².